The van der Waals surface area contributed by atoms with Crippen LogP contribution >= 0.6 is 0 Å². The van der Waals surface area contributed by atoms with Gasteiger partial charge in [-0.05, 0) is 19.8 Å². The maximum Gasteiger partial charge on any atom is 0.255 e. The summed E-state index contributed by atoms with van der Waals surface area (Å²) in [6, 6.07) is 0. The first-order valence-corrected chi connectivity index (χ1v) is 5.80. The van der Waals surface area contributed by atoms with Gasteiger partial charge in [-0.25, -0.2) is 4.52 Å². The second-order valence-electron chi connectivity index (χ2n) is 4.47. The maximum atomic E-state index is 11.8. The zero-order chi connectivity index (χ0) is 12.0. The summed E-state index contributed by atoms with van der Waals surface area (Å²) in [5.41, 5.74) is 1.16. The van der Waals surface area contributed by atoms with Gasteiger partial charge in [0, 0.05) is 24.5 Å². The lowest BCUT2D eigenvalue weighted by molar-refractivity contribution is 0.298. The normalized spacial score (nSPS) is 15.6. The summed E-state index contributed by atoms with van der Waals surface area (Å²) in [7, 11) is 0. The van der Waals surface area contributed by atoms with E-state index in [0.717, 1.165) is 24.4 Å². The van der Waals surface area contributed by atoms with Crippen molar-refractivity contribution in [3.05, 3.63) is 27.4 Å². The molecule has 1 aliphatic carbocycles. The Kier molecular flexibility index (Phi) is 2.25. The minimum atomic E-state index is -0.182. The molecule has 2 aromatic heterocycles. The van der Waals surface area contributed by atoms with Crippen LogP contribution in [-0.2, 0) is 6.42 Å². The number of nitrogens with one attached hydrogen (secondary N) is 1. The third-order valence-corrected chi connectivity index (χ3v) is 3.18. The zero-order valence-electron chi connectivity index (χ0n) is 9.60. The molecule has 2 N–H and O–H groups in total. The fourth-order valence-corrected chi connectivity index (χ4v) is 2.03. The molecule has 1 saturated carbocycles. The first-order chi connectivity index (χ1) is 8.20. The monoisotopic (exact) mass is 234 g/mol. The van der Waals surface area contributed by atoms with Crippen molar-refractivity contribution in [3.63, 3.8) is 0 Å². The second-order valence-corrected chi connectivity index (χ2v) is 4.47. The molecule has 0 unspecified atom stereocenters. The molecule has 90 valence electrons. The number of hydrogen-bond donors (Lipinski definition) is 2. The molecule has 0 amide bonds. The van der Waals surface area contributed by atoms with Gasteiger partial charge in [0.25, 0.3) is 5.56 Å². The maximum absolute atomic E-state index is 11.8. The number of aliphatic hydroxyl groups is 1. The SMILES string of the molecule is Cc1c(CCO)c(=O)[nH]c2nc(C3CC3)nn12. The molecule has 1 aliphatic rings. The zero-order valence-corrected chi connectivity index (χ0v) is 9.60. The predicted octanol–water partition coefficient (Wildman–Crippen LogP) is 0.138. The molecule has 3 rings (SSSR count). The molecule has 0 radical (unpaired) electrons. The number of aromatic amines is 1. The molecule has 1 fully saturated rings. The number of hydrogen-bond acceptors (Lipinski definition) is 4. The Morgan fingerprint density at radius 2 is 2.29 bits per heavy atom. The summed E-state index contributed by atoms with van der Waals surface area (Å²) in [6.45, 7) is 1.79. The minimum absolute atomic E-state index is 0.0421. The van der Waals surface area contributed by atoms with Crippen LogP contribution in [0.3, 0.4) is 0 Å². The molecule has 0 saturated heterocycles. The van der Waals surface area contributed by atoms with Crippen molar-refractivity contribution in [2.75, 3.05) is 6.61 Å². The van der Waals surface area contributed by atoms with Gasteiger partial charge in [-0.3, -0.25) is 9.78 Å². The van der Waals surface area contributed by atoms with E-state index >= 15 is 0 Å². The van der Waals surface area contributed by atoms with Crippen LogP contribution in [0.2, 0.25) is 0 Å². The highest BCUT2D eigenvalue weighted by atomic mass is 16.3. The van der Waals surface area contributed by atoms with Gasteiger partial charge in [0.2, 0.25) is 5.78 Å². The van der Waals surface area contributed by atoms with Gasteiger partial charge < -0.3 is 5.11 Å². The van der Waals surface area contributed by atoms with Gasteiger partial charge in [-0.1, -0.05) is 0 Å². The van der Waals surface area contributed by atoms with E-state index in [1.165, 1.54) is 0 Å². The van der Waals surface area contributed by atoms with E-state index in [0.29, 0.717) is 23.7 Å². The van der Waals surface area contributed by atoms with E-state index in [1.54, 1.807) is 4.52 Å². The molecule has 0 aliphatic heterocycles. The highest BCUT2D eigenvalue weighted by Gasteiger charge is 2.28. The minimum Gasteiger partial charge on any atom is -0.396 e. The average Bonchev–Trinajstić information content (AvgIpc) is 3.06. The summed E-state index contributed by atoms with van der Waals surface area (Å²) in [5.74, 6) is 1.76. The molecule has 0 spiro atoms. The summed E-state index contributed by atoms with van der Waals surface area (Å²) >= 11 is 0. The lowest BCUT2D eigenvalue weighted by Crippen LogP contribution is -2.19. The van der Waals surface area contributed by atoms with Crippen molar-refractivity contribution in [1.82, 2.24) is 19.6 Å². The third kappa shape index (κ3) is 1.64. The average molecular weight is 234 g/mol. The molecule has 6 nitrogen and oxygen atoms in total. The molecular weight excluding hydrogens is 220 g/mol. The van der Waals surface area contributed by atoms with Crippen LogP contribution in [0.4, 0.5) is 0 Å². The van der Waals surface area contributed by atoms with Gasteiger partial charge in [0.1, 0.15) is 0 Å². The fraction of sp³-hybridized carbons (Fsp3) is 0.545. The number of aliphatic hydroxyl groups excluding tert-OH is 1. The molecule has 17 heavy (non-hydrogen) atoms. The highest BCUT2D eigenvalue weighted by Crippen LogP contribution is 2.38. The van der Waals surface area contributed by atoms with Crippen molar-refractivity contribution >= 4 is 5.78 Å². The first-order valence-electron chi connectivity index (χ1n) is 5.80. The quantitative estimate of drug-likeness (QED) is 0.791. The van der Waals surface area contributed by atoms with Crippen LogP contribution in [0.15, 0.2) is 4.79 Å². The fourth-order valence-electron chi connectivity index (χ4n) is 2.03. The van der Waals surface area contributed by atoms with Crippen LogP contribution < -0.4 is 5.56 Å². The van der Waals surface area contributed by atoms with Gasteiger partial charge in [-0.2, -0.15) is 4.98 Å². The van der Waals surface area contributed by atoms with Crippen LogP contribution in [0.1, 0.15) is 35.8 Å². The second kappa shape index (κ2) is 3.66. The van der Waals surface area contributed by atoms with Crippen LogP contribution in [0, 0.1) is 6.92 Å². The molecule has 0 bridgehead atoms. The van der Waals surface area contributed by atoms with E-state index in [-0.39, 0.29) is 12.2 Å². The molecule has 0 aromatic carbocycles. The molecule has 2 heterocycles. The highest BCUT2D eigenvalue weighted by molar-refractivity contribution is 5.33. The molecule has 2 aromatic rings. The summed E-state index contributed by atoms with van der Waals surface area (Å²) in [5, 5.41) is 13.4. The van der Waals surface area contributed by atoms with Crippen molar-refractivity contribution < 1.29 is 5.11 Å². The first kappa shape index (κ1) is 10.5. The Morgan fingerprint density at radius 3 is 2.94 bits per heavy atom. The molecule has 0 atom stereocenters. The summed E-state index contributed by atoms with van der Waals surface area (Å²) in [4.78, 5) is 18.8. The Bertz CT molecular complexity index is 624. The standard InChI is InChI=1S/C11H14N4O2/c1-6-8(4-5-16)10(17)13-11-12-9(7-2-3-7)14-15(6)11/h7,16H,2-5H2,1H3,(H,12,13,14,17). The van der Waals surface area contributed by atoms with E-state index in [2.05, 4.69) is 15.1 Å². The van der Waals surface area contributed by atoms with E-state index in [1.807, 2.05) is 6.92 Å². The van der Waals surface area contributed by atoms with E-state index in [9.17, 15) is 4.79 Å². The molecular formula is C11H14N4O2. The van der Waals surface area contributed by atoms with Crippen LogP contribution in [0.25, 0.3) is 5.78 Å². The third-order valence-electron chi connectivity index (χ3n) is 3.18. The van der Waals surface area contributed by atoms with Crippen LogP contribution in [-0.4, -0.2) is 31.3 Å². The Labute approximate surface area is 97.3 Å². The number of H-pyrrole nitrogens is 1. The number of fused-ring (bicyclic) bond motifs is 1. The number of aryl methyl sites for hydroxylation is 1. The van der Waals surface area contributed by atoms with Crippen molar-refractivity contribution in [2.45, 2.75) is 32.1 Å². The Morgan fingerprint density at radius 1 is 1.53 bits per heavy atom. The predicted molar refractivity (Wildman–Crippen MR) is 61.1 cm³/mol. The van der Waals surface area contributed by atoms with E-state index < -0.39 is 0 Å². The van der Waals surface area contributed by atoms with E-state index in [4.69, 9.17) is 5.11 Å². The smallest absolute Gasteiger partial charge is 0.255 e. The Hall–Kier alpha value is -1.69. The van der Waals surface area contributed by atoms with Crippen molar-refractivity contribution in [3.8, 4) is 0 Å². The van der Waals surface area contributed by atoms with Crippen LogP contribution in [0.5, 0.6) is 0 Å². The van der Waals surface area contributed by atoms with Gasteiger partial charge in [-0.15, -0.1) is 5.10 Å². The lowest BCUT2D eigenvalue weighted by atomic mass is 10.2. The summed E-state index contributed by atoms with van der Waals surface area (Å²) in [6.07, 6.45) is 2.60. The van der Waals surface area contributed by atoms with Crippen molar-refractivity contribution in [1.29, 1.82) is 0 Å². The van der Waals surface area contributed by atoms with Crippen molar-refractivity contribution in [2.24, 2.45) is 0 Å². The number of rotatable bonds is 3. The van der Waals surface area contributed by atoms with Gasteiger partial charge in [0.05, 0.1) is 5.69 Å². The number of aromatic nitrogens is 4. The number of nitrogens with zero attached hydrogens (tertiary/aromatic N) is 3. The largest absolute Gasteiger partial charge is 0.396 e. The topological polar surface area (TPSA) is 83.3 Å². The van der Waals surface area contributed by atoms with Gasteiger partial charge in [0.15, 0.2) is 5.82 Å². The lowest BCUT2D eigenvalue weighted by Gasteiger charge is -2.03. The molecule has 6 heteroatoms. The summed E-state index contributed by atoms with van der Waals surface area (Å²) < 4.78 is 1.67. The Balaban J connectivity index is 2.21. The van der Waals surface area contributed by atoms with Gasteiger partial charge >= 0.3 is 0 Å².